The molecule has 0 rings (SSSR count). The van der Waals surface area contributed by atoms with Gasteiger partial charge >= 0.3 is 5.97 Å². The van der Waals surface area contributed by atoms with Gasteiger partial charge in [-0.15, -0.1) is 0 Å². The molecule has 0 fully saturated rings. The summed E-state index contributed by atoms with van der Waals surface area (Å²) in [6.07, 6.45) is 65.3. The Kier molecular flexibility index (Phi) is 50.6. The zero-order chi connectivity index (χ0) is 45.8. The van der Waals surface area contributed by atoms with Crippen LogP contribution in [0.3, 0.4) is 0 Å². The Morgan fingerprint density at radius 1 is 0.444 bits per heavy atom. The lowest BCUT2D eigenvalue weighted by Crippen LogP contribution is -2.45. The van der Waals surface area contributed by atoms with Crippen molar-refractivity contribution in [3.05, 3.63) is 48.6 Å². The van der Waals surface area contributed by atoms with Crippen LogP contribution in [0.2, 0.25) is 0 Å². The Bertz CT molecular complexity index is 1070. The van der Waals surface area contributed by atoms with E-state index in [4.69, 9.17) is 4.74 Å². The lowest BCUT2D eigenvalue weighted by atomic mass is 10.0. The SMILES string of the molecule is CCC/C=C\C/C=C\CCCCCCCC(=O)OCCCCCCCCCCC/C=C\C/C=C\CCCCCCCCCC(=O)NC(CO)C(O)CCCCCCCCCCCC. The van der Waals surface area contributed by atoms with Gasteiger partial charge in [0.05, 0.1) is 25.4 Å². The highest BCUT2D eigenvalue weighted by atomic mass is 16.5. The molecule has 0 heterocycles. The van der Waals surface area contributed by atoms with Crippen LogP contribution >= 0.6 is 0 Å². The third-order valence-electron chi connectivity index (χ3n) is 12.3. The summed E-state index contributed by atoms with van der Waals surface area (Å²) in [5.41, 5.74) is 0. The Morgan fingerprint density at radius 2 is 0.825 bits per heavy atom. The number of hydrogen-bond donors (Lipinski definition) is 3. The van der Waals surface area contributed by atoms with Gasteiger partial charge in [-0.05, 0) is 83.5 Å². The molecule has 368 valence electrons. The summed E-state index contributed by atoms with van der Waals surface area (Å²) in [4.78, 5) is 24.4. The number of unbranched alkanes of at least 4 members (excludes halogenated alkanes) is 31. The smallest absolute Gasteiger partial charge is 0.305 e. The maximum atomic E-state index is 12.4. The second-order valence-electron chi connectivity index (χ2n) is 18.6. The van der Waals surface area contributed by atoms with Crippen molar-refractivity contribution in [1.29, 1.82) is 0 Å². The Hall–Kier alpha value is -2.18. The number of esters is 1. The van der Waals surface area contributed by atoms with Crippen molar-refractivity contribution in [3.63, 3.8) is 0 Å². The topological polar surface area (TPSA) is 95.9 Å². The molecule has 0 bridgehead atoms. The summed E-state index contributed by atoms with van der Waals surface area (Å²) in [6.45, 7) is 4.85. The summed E-state index contributed by atoms with van der Waals surface area (Å²) in [7, 11) is 0. The predicted octanol–water partition coefficient (Wildman–Crippen LogP) is 16.6. The van der Waals surface area contributed by atoms with Crippen LogP contribution < -0.4 is 5.32 Å². The van der Waals surface area contributed by atoms with Crippen LogP contribution in [0.5, 0.6) is 0 Å². The van der Waals surface area contributed by atoms with E-state index in [1.165, 1.54) is 173 Å². The molecule has 2 unspecified atom stereocenters. The standard InChI is InChI=1S/C57H105NO5/c1-3-5-7-9-11-13-15-27-31-35-39-43-47-51-57(62)63-52-48-44-40-36-32-29-26-24-22-20-18-16-17-19-21-23-25-28-30-34-38-42-46-50-56(61)58-54(53-59)55(60)49-45-41-37-33-14-12-10-8-6-4-2/h7,9,13,15-16,18-19,21,54-55,59-60H,3-6,8,10-12,14,17,20,22-53H2,1-2H3,(H,58,61)/b9-7-,15-13-,18-16-,21-19-. The molecule has 63 heavy (non-hydrogen) atoms. The molecule has 1 amide bonds. The number of carbonyl (C=O) groups excluding carboxylic acids is 2. The van der Waals surface area contributed by atoms with Crippen LogP contribution in [0, 0.1) is 0 Å². The monoisotopic (exact) mass is 884 g/mol. The first-order valence-corrected chi connectivity index (χ1v) is 27.4. The summed E-state index contributed by atoms with van der Waals surface area (Å²) < 4.78 is 5.45. The highest BCUT2D eigenvalue weighted by molar-refractivity contribution is 5.76. The minimum atomic E-state index is -0.669. The molecule has 0 aliphatic carbocycles. The molecule has 0 aromatic heterocycles. The van der Waals surface area contributed by atoms with Crippen molar-refractivity contribution in [1.82, 2.24) is 5.32 Å². The molecule has 0 spiro atoms. The van der Waals surface area contributed by atoms with E-state index < -0.39 is 12.1 Å². The van der Waals surface area contributed by atoms with Gasteiger partial charge in [-0.1, -0.05) is 229 Å². The van der Waals surface area contributed by atoms with E-state index >= 15 is 0 Å². The third-order valence-corrected chi connectivity index (χ3v) is 12.3. The number of aliphatic hydroxyl groups excluding tert-OH is 2. The van der Waals surface area contributed by atoms with Crippen molar-refractivity contribution < 1.29 is 24.5 Å². The van der Waals surface area contributed by atoms with Crippen LogP contribution in [0.25, 0.3) is 0 Å². The first-order chi connectivity index (χ1) is 31.0. The third kappa shape index (κ3) is 49.1. The van der Waals surface area contributed by atoms with E-state index in [2.05, 4.69) is 67.8 Å². The molecule has 0 saturated carbocycles. The highest BCUT2D eigenvalue weighted by Crippen LogP contribution is 2.16. The zero-order valence-corrected chi connectivity index (χ0v) is 41.8. The zero-order valence-electron chi connectivity index (χ0n) is 41.8. The first-order valence-electron chi connectivity index (χ1n) is 27.4. The number of amides is 1. The molecule has 0 aromatic rings. The number of hydrogen-bond acceptors (Lipinski definition) is 5. The molecule has 3 N–H and O–H groups in total. The van der Waals surface area contributed by atoms with Gasteiger partial charge in [-0.25, -0.2) is 0 Å². The molecular formula is C57H105NO5. The fourth-order valence-corrected chi connectivity index (χ4v) is 8.12. The fraction of sp³-hybridized carbons (Fsp3) is 0.825. The van der Waals surface area contributed by atoms with Crippen molar-refractivity contribution in [2.75, 3.05) is 13.2 Å². The van der Waals surface area contributed by atoms with E-state index in [0.29, 0.717) is 25.9 Å². The number of allylic oxidation sites excluding steroid dienone is 8. The Balaban J connectivity index is 3.45. The van der Waals surface area contributed by atoms with E-state index in [0.717, 1.165) is 70.6 Å². The van der Waals surface area contributed by atoms with Crippen LogP contribution in [0.15, 0.2) is 48.6 Å². The Labute approximate surface area is 391 Å². The van der Waals surface area contributed by atoms with Crippen LogP contribution in [-0.2, 0) is 14.3 Å². The largest absolute Gasteiger partial charge is 0.466 e. The molecule has 2 atom stereocenters. The van der Waals surface area contributed by atoms with Gasteiger partial charge in [0.15, 0.2) is 0 Å². The van der Waals surface area contributed by atoms with Crippen molar-refractivity contribution >= 4 is 11.9 Å². The van der Waals surface area contributed by atoms with E-state index in [-0.39, 0.29) is 18.5 Å². The minimum absolute atomic E-state index is 0.00917. The molecule has 0 saturated heterocycles. The van der Waals surface area contributed by atoms with Gasteiger partial charge in [0.25, 0.3) is 0 Å². The van der Waals surface area contributed by atoms with E-state index in [1.54, 1.807) is 0 Å². The number of carbonyl (C=O) groups is 2. The lowest BCUT2D eigenvalue weighted by Gasteiger charge is -2.22. The van der Waals surface area contributed by atoms with E-state index in [9.17, 15) is 19.8 Å². The summed E-state index contributed by atoms with van der Waals surface area (Å²) in [5, 5.41) is 23.1. The average molecular weight is 884 g/mol. The van der Waals surface area contributed by atoms with Gasteiger partial charge in [-0.2, -0.15) is 0 Å². The highest BCUT2D eigenvalue weighted by Gasteiger charge is 2.20. The van der Waals surface area contributed by atoms with Crippen LogP contribution in [0.4, 0.5) is 0 Å². The van der Waals surface area contributed by atoms with Gasteiger partial charge in [0.1, 0.15) is 0 Å². The predicted molar refractivity (Wildman–Crippen MR) is 273 cm³/mol. The summed E-state index contributed by atoms with van der Waals surface area (Å²) in [5.74, 6) is -0.0574. The van der Waals surface area contributed by atoms with E-state index in [1.807, 2.05) is 0 Å². The quantitative estimate of drug-likeness (QED) is 0.0321. The molecule has 6 heteroatoms. The van der Waals surface area contributed by atoms with Crippen molar-refractivity contribution in [3.8, 4) is 0 Å². The van der Waals surface area contributed by atoms with Crippen LogP contribution in [-0.4, -0.2) is 47.4 Å². The maximum Gasteiger partial charge on any atom is 0.305 e. The van der Waals surface area contributed by atoms with Gasteiger partial charge in [0, 0.05) is 12.8 Å². The van der Waals surface area contributed by atoms with Gasteiger partial charge in [0.2, 0.25) is 5.91 Å². The van der Waals surface area contributed by atoms with Gasteiger partial charge in [-0.3, -0.25) is 9.59 Å². The van der Waals surface area contributed by atoms with Gasteiger partial charge < -0.3 is 20.3 Å². The normalized spacial score (nSPS) is 13.0. The first kappa shape index (κ1) is 60.8. The van der Waals surface area contributed by atoms with Crippen molar-refractivity contribution in [2.45, 2.75) is 289 Å². The summed E-state index contributed by atoms with van der Waals surface area (Å²) in [6, 6.07) is -0.548. The molecule has 0 aliphatic heterocycles. The number of rotatable bonds is 50. The molecular weight excluding hydrogens is 779 g/mol. The number of nitrogens with one attached hydrogen (secondary N) is 1. The summed E-state index contributed by atoms with van der Waals surface area (Å²) >= 11 is 0. The molecule has 0 aliphatic rings. The Morgan fingerprint density at radius 3 is 1.27 bits per heavy atom. The maximum absolute atomic E-state index is 12.4. The van der Waals surface area contributed by atoms with Crippen LogP contribution in [0.1, 0.15) is 277 Å². The van der Waals surface area contributed by atoms with Crippen molar-refractivity contribution in [2.24, 2.45) is 0 Å². The lowest BCUT2D eigenvalue weighted by molar-refractivity contribution is -0.143. The molecule has 0 radical (unpaired) electrons. The number of aliphatic hydroxyl groups is 2. The minimum Gasteiger partial charge on any atom is -0.466 e. The molecule has 6 nitrogen and oxygen atoms in total. The average Bonchev–Trinajstić information content (AvgIpc) is 3.28. The second-order valence-corrected chi connectivity index (χ2v) is 18.6. The second kappa shape index (κ2) is 52.4. The molecule has 0 aromatic carbocycles. The fourth-order valence-electron chi connectivity index (χ4n) is 8.12. The number of ether oxygens (including phenoxy) is 1.